The SMILES string of the molecule is CCCC(=O)Nc1ccn([C@H]2C[C@H](O)[C@@H](COC(=O)CCC)O2)c(=O)n1. The summed E-state index contributed by atoms with van der Waals surface area (Å²) in [5.41, 5.74) is -0.597. The van der Waals surface area contributed by atoms with E-state index < -0.39 is 24.1 Å². The van der Waals surface area contributed by atoms with Gasteiger partial charge in [-0.1, -0.05) is 13.8 Å². The van der Waals surface area contributed by atoms with Crippen molar-refractivity contribution < 1.29 is 24.2 Å². The molecule has 0 spiro atoms. The molecule has 1 aromatic rings. The van der Waals surface area contributed by atoms with Crippen molar-refractivity contribution in [3.05, 3.63) is 22.7 Å². The van der Waals surface area contributed by atoms with Gasteiger partial charge in [0.1, 0.15) is 24.8 Å². The molecule has 9 heteroatoms. The number of aliphatic hydroxyl groups excluding tert-OH is 1. The predicted molar refractivity (Wildman–Crippen MR) is 92.4 cm³/mol. The summed E-state index contributed by atoms with van der Waals surface area (Å²) in [6.45, 7) is 3.68. The molecule has 0 aliphatic carbocycles. The van der Waals surface area contributed by atoms with Crippen molar-refractivity contribution in [2.75, 3.05) is 11.9 Å². The van der Waals surface area contributed by atoms with Gasteiger partial charge in [0, 0.05) is 25.5 Å². The molecular formula is C17H25N3O6. The van der Waals surface area contributed by atoms with Gasteiger partial charge in [-0.3, -0.25) is 14.2 Å². The highest BCUT2D eigenvalue weighted by molar-refractivity contribution is 5.89. The summed E-state index contributed by atoms with van der Waals surface area (Å²) in [7, 11) is 0. The standard InChI is InChI=1S/C17H25N3O6/c1-3-5-14(22)18-13-7-8-20(17(24)19-13)15-9-11(21)12(26-15)10-25-16(23)6-4-2/h7-8,11-12,15,21H,3-6,9-10H2,1-2H3,(H,18,19,22,24)/t11-,12+,15+/m0/s1. The van der Waals surface area contributed by atoms with E-state index in [9.17, 15) is 19.5 Å². The minimum Gasteiger partial charge on any atom is -0.463 e. The average Bonchev–Trinajstić information content (AvgIpc) is 2.94. The molecule has 26 heavy (non-hydrogen) atoms. The second-order valence-corrected chi connectivity index (χ2v) is 6.17. The molecule has 1 aliphatic rings. The summed E-state index contributed by atoms with van der Waals surface area (Å²) < 4.78 is 11.9. The van der Waals surface area contributed by atoms with E-state index in [0.29, 0.717) is 25.7 Å². The fourth-order valence-corrected chi connectivity index (χ4v) is 2.62. The van der Waals surface area contributed by atoms with E-state index in [1.165, 1.54) is 16.8 Å². The number of esters is 1. The van der Waals surface area contributed by atoms with Crippen molar-refractivity contribution in [2.24, 2.45) is 0 Å². The van der Waals surface area contributed by atoms with Crippen LogP contribution in [-0.4, -0.2) is 45.3 Å². The molecule has 1 saturated heterocycles. The quantitative estimate of drug-likeness (QED) is 0.657. The molecule has 3 atom stereocenters. The largest absolute Gasteiger partial charge is 0.463 e. The van der Waals surface area contributed by atoms with Crippen LogP contribution in [0.3, 0.4) is 0 Å². The van der Waals surface area contributed by atoms with Gasteiger partial charge in [0.05, 0.1) is 6.10 Å². The van der Waals surface area contributed by atoms with Crippen LogP contribution >= 0.6 is 0 Å². The van der Waals surface area contributed by atoms with E-state index >= 15 is 0 Å². The zero-order chi connectivity index (χ0) is 19.1. The first kappa shape index (κ1) is 20.1. The first-order valence-electron chi connectivity index (χ1n) is 8.82. The van der Waals surface area contributed by atoms with Crippen LogP contribution in [0.25, 0.3) is 0 Å². The van der Waals surface area contributed by atoms with Gasteiger partial charge in [-0.05, 0) is 18.9 Å². The third kappa shape index (κ3) is 5.37. The maximum absolute atomic E-state index is 12.2. The lowest BCUT2D eigenvalue weighted by molar-refractivity contribution is -0.150. The maximum atomic E-state index is 12.2. The van der Waals surface area contributed by atoms with E-state index in [0.717, 1.165) is 0 Å². The van der Waals surface area contributed by atoms with E-state index in [1.807, 2.05) is 13.8 Å². The zero-order valence-electron chi connectivity index (χ0n) is 15.0. The molecule has 1 aromatic heterocycles. The monoisotopic (exact) mass is 367 g/mol. The minimum absolute atomic E-state index is 0.0656. The molecule has 1 amide bonds. The van der Waals surface area contributed by atoms with Crippen molar-refractivity contribution in [3.63, 3.8) is 0 Å². The number of hydrogen-bond donors (Lipinski definition) is 2. The molecule has 1 aliphatic heterocycles. The lowest BCUT2D eigenvalue weighted by Crippen LogP contribution is -2.29. The number of carbonyl (C=O) groups is 2. The molecule has 0 saturated carbocycles. The second kappa shape index (κ2) is 9.44. The van der Waals surface area contributed by atoms with Crippen molar-refractivity contribution in [3.8, 4) is 0 Å². The first-order chi connectivity index (χ1) is 12.4. The predicted octanol–water partition coefficient (Wildman–Crippen LogP) is 0.974. The lowest BCUT2D eigenvalue weighted by atomic mass is 10.2. The number of amides is 1. The summed E-state index contributed by atoms with van der Waals surface area (Å²) in [6.07, 6.45) is 1.40. The van der Waals surface area contributed by atoms with E-state index in [-0.39, 0.29) is 30.7 Å². The average molecular weight is 367 g/mol. The fraction of sp³-hybridized carbons (Fsp3) is 0.647. The Hall–Kier alpha value is -2.26. The molecule has 0 bridgehead atoms. The number of nitrogens with one attached hydrogen (secondary N) is 1. The van der Waals surface area contributed by atoms with Crippen LogP contribution < -0.4 is 11.0 Å². The Morgan fingerprint density at radius 3 is 2.77 bits per heavy atom. The zero-order valence-corrected chi connectivity index (χ0v) is 15.0. The van der Waals surface area contributed by atoms with Gasteiger partial charge in [0.15, 0.2) is 0 Å². The number of hydrogen-bond acceptors (Lipinski definition) is 7. The van der Waals surface area contributed by atoms with Gasteiger partial charge in [-0.15, -0.1) is 0 Å². The smallest absolute Gasteiger partial charge is 0.351 e. The number of ether oxygens (including phenoxy) is 2. The Kier molecular flexibility index (Phi) is 7.28. The van der Waals surface area contributed by atoms with Crippen molar-refractivity contribution in [1.29, 1.82) is 0 Å². The van der Waals surface area contributed by atoms with Gasteiger partial charge in [0.25, 0.3) is 0 Å². The highest BCUT2D eigenvalue weighted by Gasteiger charge is 2.36. The van der Waals surface area contributed by atoms with E-state index in [4.69, 9.17) is 9.47 Å². The highest BCUT2D eigenvalue weighted by Crippen LogP contribution is 2.28. The molecule has 2 N–H and O–H groups in total. The minimum atomic E-state index is -0.856. The summed E-state index contributed by atoms with van der Waals surface area (Å²) in [4.78, 5) is 39.0. The van der Waals surface area contributed by atoms with E-state index in [2.05, 4.69) is 10.3 Å². The Morgan fingerprint density at radius 2 is 2.12 bits per heavy atom. The van der Waals surface area contributed by atoms with Gasteiger partial charge in [-0.2, -0.15) is 4.98 Å². The van der Waals surface area contributed by atoms with Crippen LogP contribution in [0.15, 0.2) is 17.1 Å². The summed E-state index contributed by atoms with van der Waals surface area (Å²) in [6, 6.07) is 1.50. The Bertz CT molecular complexity index is 689. The molecular weight excluding hydrogens is 342 g/mol. The van der Waals surface area contributed by atoms with Gasteiger partial charge in [0.2, 0.25) is 5.91 Å². The number of rotatable bonds is 8. The van der Waals surface area contributed by atoms with Crippen LogP contribution in [0.2, 0.25) is 0 Å². The molecule has 0 unspecified atom stereocenters. The number of aromatic nitrogens is 2. The number of anilines is 1. The summed E-state index contributed by atoms with van der Waals surface area (Å²) >= 11 is 0. The second-order valence-electron chi connectivity index (χ2n) is 6.17. The molecule has 9 nitrogen and oxygen atoms in total. The third-order valence-corrected chi connectivity index (χ3v) is 3.95. The Balaban J connectivity index is 1.97. The molecule has 144 valence electrons. The normalized spacial score (nSPS) is 22.2. The van der Waals surface area contributed by atoms with E-state index in [1.54, 1.807) is 0 Å². The van der Waals surface area contributed by atoms with Crippen molar-refractivity contribution in [1.82, 2.24) is 9.55 Å². The summed E-state index contributed by atoms with van der Waals surface area (Å²) in [5, 5.41) is 12.6. The molecule has 0 aromatic carbocycles. The van der Waals surface area contributed by atoms with Gasteiger partial charge < -0.3 is 19.9 Å². The van der Waals surface area contributed by atoms with Crippen LogP contribution in [0.5, 0.6) is 0 Å². The number of carbonyl (C=O) groups excluding carboxylic acids is 2. The molecule has 2 rings (SSSR count). The van der Waals surface area contributed by atoms with Crippen LogP contribution in [0.1, 0.15) is 52.2 Å². The van der Waals surface area contributed by atoms with Gasteiger partial charge in [-0.25, -0.2) is 4.79 Å². The van der Waals surface area contributed by atoms with Crippen molar-refractivity contribution in [2.45, 2.75) is 64.4 Å². The van der Waals surface area contributed by atoms with Gasteiger partial charge >= 0.3 is 11.7 Å². The Morgan fingerprint density at radius 1 is 1.38 bits per heavy atom. The van der Waals surface area contributed by atoms with Crippen LogP contribution in [0, 0.1) is 0 Å². The topological polar surface area (TPSA) is 120 Å². The third-order valence-electron chi connectivity index (χ3n) is 3.95. The van der Waals surface area contributed by atoms with Crippen LogP contribution in [0.4, 0.5) is 5.82 Å². The molecule has 2 heterocycles. The van der Waals surface area contributed by atoms with Crippen molar-refractivity contribution >= 4 is 17.7 Å². The molecule has 0 radical (unpaired) electrons. The van der Waals surface area contributed by atoms with Crippen LogP contribution in [-0.2, 0) is 19.1 Å². The maximum Gasteiger partial charge on any atom is 0.351 e. The Labute approximate surface area is 151 Å². The fourth-order valence-electron chi connectivity index (χ4n) is 2.62. The highest BCUT2D eigenvalue weighted by atomic mass is 16.6. The first-order valence-corrected chi connectivity index (χ1v) is 8.82. The number of nitrogens with zero attached hydrogens (tertiary/aromatic N) is 2. The lowest BCUT2D eigenvalue weighted by Gasteiger charge is -2.16. The molecule has 1 fully saturated rings. The summed E-state index contributed by atoms with van der Waals surface area (Å²) in [5.74, 6) is -0.385. The number of aliphatic hydroxyl groups is 1.